The third-order valence-corrected chi connectivity index (χ3v) is 4.62. The molecule has 0 bridgehead atoms. The highest BCUT2D eigenvalue weighted by molar-refractivity contribution is 5.79. The molecule has 1 saturated heterocycles. The van der Waals surface area contributed by atoms with Gasteiger partial charge in [-0.2, -0.15) is 0 Å². The van der Waals surface area contributed by atoms with Gasteiger partial charge in [-0.1, -0.05) is 20.3 Å². The molecule has 0 spiro atoms. The van der Waals surface area contributed by atoms with Crippen LogP contribution in [0.3, 0.4) is 0 Å². The van der Waals surface area contributed by atoms with Crippen molar-refractivity contribution in [1.82, 2.24) is 15.1 Å². The van der Waals surface area contributed by atoms with Crippen molar-refractivity contribution in [3.05, 3.63) is 0 Å². The van der Waals surface area contributed by atoms with Crippen LogP contribution in [0.5, 0.6) is 0 Å². The number of nitrogens with zero attached hydrogens (tertiary/aromatic N) is 2. The van der Waals surface area contributed by atoms with Crippen LogP contribution in [0.2, 0.25) is 0 Å². The van der Waals surface area contributed by atoms with Crippen molar-refractivity contribution in [1.29, 1.82) is 0 Å². The van der Waals surface area contributed by atoms with Gasteiger partial charge in [-0.25, -0.2) is 4.79 Å². The summed E-state index contributed by atoms with van der Waals surface area (Å²) in [5, 5.41) is 3.01. The Bertz CT molecular complexity index is 434. The molecule has 0 aliphatic carbocycles. The maximum atomic E-state index is 12.3. The number of likely N-dealkylation sites (tertiary alicyclic amines) is 1. The van der Waals surface area contributed by atoms with Gasteiger partial charge in [0.1, 0.15) is 5.60 Å². The summed E-state index contributed by atoms with van der Waals surface area (Å²) in [6.45, 7) is 12.6. The molecule has 0 aromatic rings. The Morgan fingerprint density at radius 3 is 2.60 bits per heavy atom. The summed E-state index contributed by atoms with van der Waals surface area (Å²) in [6, 6.07) is 0.654. The predicted octanol–water partition coefficient (Wildman–Crippen LogP) is 2.87. The average molecular weight is 356 g/mol. The van der Waals surface area contributed by atoms with Gasteiger partial charge in [0, 0.05) is 32.7 Å². The quantitative estimate of drug-likeness (QED) is 0.763. The lowest BCUT2D eigenvalue weighted by Gasteiger charge is -2.35. The molecule has 6 nitrogen and oxygen atoms in total. The van der Waals surface area contributed by atoms with Crippen LogP contribution in [-0.4, -0.2) is 66.7 Å². The van der Waals surface area contributed by atoms with Crippen molar-refractivity contribution >= 4 is 12.0 Å². The summed E-state index contributed by atoms with van der Waals surface area (Å²) in [6.07, 6.45) is 4.61. The van der Waals surface area contributed by atoms with Crippen LogP contribution in [0.25, 0.3) is 0 Å². The van der Waals surface area contributed by atoms with E-state index >= 15 is 0 Å². The molecule has 1 aliphatic rings. The molecule has 2 amide bonds. The summed E-state index contributed by atoms with van der Waals surface area (Å²) in [5.41, 5.74) is -0.527. The molecule has 25 heavy (non-hydrogen) atoms. The first-order valence-corrected chi connectivity index (χ1v) is 9.60. The van der Waals surface area contributed by atoms with E-state index in [1.807, 2.05) is 27.7 Å². The molecule has 6 heteroatoms. The van der Waals surface area contributed by atoms with E-state index in [9.17, 15) is 9.59 Å². The van der Waals surface area contributed by atoms with E-state index in [2.05, 4.69) is 17.1 Å². The van der Waals surface area contributed by atoms with Crippen LogP contribution in [0.4, 0.5) is 4.79 Å². The average Bonchev–Trinajstić information content (AvgIpc) is 2.53. The van der Waals surface area contributed by atoms with Crippen molar-refractivity contribution in [2.24, 2.45) is 5.92 Å². The van der Waals surface area contributed by atoms with Crippen molar-refractivity contribution in [2.75, 3.05) is 33.2 Å². The first-order valence-electron chi connectivity index (χ1n) is 9.60. The Balaban J connectivity index is 2.32. The summed E-state index contributed by atoms with van der Waals surface area (Å²) in [4.78, 5) is 28.2. The lowest BCUT2D eigenvalue weighted by atomic mass is 10.0. The van der Waals surface area contributed by atoms with Gasteiger partial charge in [0.15, 0.2) is 0 Å². The molecule has 0 saturated carbocycles. The second-order valence-corrected chi connectivity index (χ2v) is 8.15. The van der Waals surface area contributed by atoms with Gasteiger partial charge in [0.05, 0.1) is 5.92 Å². The summed E-state index contributed by atoms with van der Waals surface area (Å²) < 4.78 is 5.31. The van der Waals surface area contributed by atoms with E-state index < -0.39 is 11.7 Å². The molecule has 1 rings (SSSR count). The van der Waals surface area contributed by atoms with Crippen LogP contribution >= 0.6 is 0 Å². The largest absolute Gasteiger partial charge is 0.444 e. The van der Waals surface area contributed by atoms with Gasteiger partial charge in [0.2, 0.25) is 5.91 Å². The SMILES string of the molecule is CC[C@@H]1CCCCN1CCNC(=O)[C@H](C)CN(C)C(=O)OC(C)(C)C. The number of rotatable bonds is 7. The molecule has 146 valence electrons. The van der Waals surface area contributed by atoms with Gasteiger partial charge in [0.25, 0.3) is 0 Å². The van der Waals surface area contributed by atoms with Crippen LogP contribution in [0, 0.1) is 5.92 Å². The minimum absolute atomic E-state index is 0.0135. The number of nitrogens with one attached hydrogen (secondary N) is 1. The molecule has 2 atom stereocenters. The minimum atomic E-state index is -0.527. The molecule has 1 heterocycles. The standard InChI is InChI=1S/C19H37N3O3/c1-7-16-10-8-9-12-22(16)13-11-20-17(23)15(2)14-21(6)18(24)25-19(3,4)5/h15-16H,7-14H2,1-6H3,(H,20,23)/t15-,16-/m1/s1. The second kappa shape index (κ2) is 10.00. The van der Waals surface area contributed by atoms with E-state index in [1.54, 1.807) is 7.05 Å². The topological polar surface area (TPSA) is 61.9 Å². The fourth-order valence-corrected chi connectivity index (χ4v) is 3.22. The maximum Gasteiger partial charge on any atom is 0.410 e. The number of hydrogen-bond acceptors (Lipinski definition) is 4. The molecule has 1 aliphatic heterocycles. The number of carbonyl (C=O) groups excluding carboxylic acids is 2. The number of ether oxygens (including phenoxy) is 1. The Morgan fingerprint density at radius 1 is 1.32 bits per heavy atom. The zero-order valence-corrected chi connectivity index (χ0v) is 16.9. The zero-order valence-electron chi connectivity index (χ0n) is 16.9. The van der Waals surface area contributed by atoms with Gasteiger partial charge in [-0.15, -0.1) is 0 Å². The lowest BCUT2D eigenvalue weighted by molar-refractivity contribution is -0.124. The Kier molecular flexibility index (Phi) is 8.69. The van der Waals surface area contributed by atoms with Crippen LogP contribution in [-0.2, 0) is 9.53 Å². The number of hydrogen-bond donors (Lipinski definition) is 1. The van der Waals surface area contributed by atoms with E-state index in [0.717, 1.165) is 13.1 Å². The highest BCUT2D eigenvalue weighted by atomic mass is 16.6. The van der Waals surface area contributed by atoms with Gasteiger partial charge < -0.3 is 15.0 Å². The Labute approximate surface area is 153 Å². The first-order chi connectivity index (χ1) is 11.6. The molecule has 1 N–H and O–H groups in total. The van der Waals surface area contributed by atoms with Crippen molar-refractivity contribution in [2.45, 2.75) is 71.9 Å². The highest BCUT2D eigenvalue weighted by Gasteiger charge is 2.24. The third kappa shape index (κ3) is 8.08. The molecular weight excluding hydrogens is 318 g/mol. The first kappa shape index (κ1) is 21.7. The highest BCUT2D eigenvalue weighted by Crippen LogP contribution is 2.18. The molecule has 0 aromatic heterocycles. The fourth-order valence-electron chi connectivity index (χ4n) is 3.22. The summed E-state index contributed by atoms with van der Waals surface area (Å²) >= 11 is 0. The van der Waals surface area contributed by atoms with Gasteiger partial charge >= 0.3 is 6.09 Å². The van der Waals surface area contributed by atoms with Gasteiger partial charge in [-0.3, -0.25) is 9.69 Å². The second-order valence-electron chi connectivity index (χ2n) is 8.15. The zero-order chi connectivity index (χ0) is 19.0. The predicted molar refractivity (Wildman–Crippen MR) is 101 cm³/mol. The minimum Gasteiger partial charge on any atom is -0.444 e. The van der Waals surface area contributed by atoms with Crippen molar-refractivity contribution in [3.63, 3.8) is 0 Å². The maximum absolute atomic E-state index is 12.3. The van der Waals surface area contributed by atoms with Crippen LogP contribution < -0.4 is 5.32 Å². The summed E-state index contributed by atoms with van der Waals surface area (Å²) in [5.74, 6) is -0.277. The summed E-state index contributed by atoms with van der Waals surface area (Å²) in [7, 11) is 1.66. The monoisotopic (exact) mass is 355 g/mol. The molecule has 0 radical (unpaired) electrons. The van der Waals surface area contributed by atoms with E-state index in [-0.39, 0.29) is 11.8 Å². The Hall–Kier alpha value is -1.30. The normalized spacial score (nSPS) is 20.0. The van der Waals surface area contributed by atoms with Crippen molar-refractivity contribution in [3.8, 4) is 0 Å². The van der Waals surface area contributed by atoms with E-state index in [0.29, 0.717) is 19.1 Å². The number of amides is 2. The molecular formula is C19H37N3O3. The molecule has 0 unspecified atom stereocenters. The number of piperidine rings is 1. The molecule has 0 aromatic carbocycles. The van der Waals surface area contributed by atoms with E-state index in [1.165, 1.54) is 30.6 Å². The smallest absolute Gasteiger partial charge is 0.410 e. The molecule has 1 fully saturated rings. The Morgan fingerprint density at radius 2 is 2.00 bits per heavy atom. The third-order valence-electron chi connectivity index (χ3n) is 4.62. The fraction of sp³-hybridized carbons (Fsp3) is 0.895. The van der Waals surface area contributed by atoms with Gasteiger partial charge in [-0.05, 0) is 46.6 Å². The number of carbonyl (C=O) groups is 2. The van der Waals surface area contributed by atoms with Crippen LogP contribution in [0.15, 0.2) is 0 Å². The van der Waals surface area contributed by atoms with Crippen molar-refractivity contribution < 1.29 is 14.3 Å². The lowest BCUT2D eigenvalue weighted by Crippen LogP contribution is -2.45. The van der Waals surface area contributed by atoms with E-state index in [4.69, 9.17) is 4.74 Å². The van der Waals surface area contributed by atoms with Crippen LogP contribution in [0.1, 0.15) is 60.3 Å².